The topological polar surface area (TPSA) is 85.0 Å². The highest BCUT2D eigenvalue weighted by atomic mass is 127. The Kier molecular flexibility index (Phi) is 7.38. The highest BCUT2D eigenvalue weighted by molar-refractivity contribution is 14.0. The predicted molar refractivity (Wildman–Crippen MR) is 124 cm³/mol. The van der Waals surface area contributed by atoms with Crippen molar-refractivity contribution in [1.29, 1.82) is 0 Å². The number of nitrogens with one attached hydrogen (secondary N) is 1. The van der Waals surface area contributed by atoms with Crippen LogP contribution in [0.15, 0.2) is 52.0 Å². The lowest BCUT2D eigenvalue weighted by Crippen LogP contribution is -2.38. The Balaban J connectivity index is 0.00000256. The second kappa shape index (κ2) is 9.98. The van der Waals surface area contributed by atoms with Gasteiger partial charge in [-0.3, -0.25) is 4.99 Å². The summed E-state index contributed by atoms with van der Waals surface area (Å²) in [6.45, 7) is 1.27. The first-order valence-corrected chi connectivity index (χ1v) is 9.39. The molecule has 0 radical (unpaired) electrons. The molecule has 30 heavy (non-hydrogen) atoms. The second-order valence-corrected chi connectivity index (χ2v) is 6.90. The van der Waals surface area contributed by atoms with Crippen LogP contribution in [-0.2, 0) is 13.1 Å². The molecule has 2 aromatic carbocycles. The van der Waals surface area contributed by atoms with Crippen LogP contribution in [0.4, 0.5) is 0 Å². The van der Waals surface area contributed by atoms with Gasteiger partial charge in [-0.2, -0.15) is 4.98 Å². The number of halogens is 2. The molecule has 0 amide bonds. The summed E-state index contributed by atoms with van der Waals surface area (Å²) >= 11 is 5.91. The van der Waals surface area contributed by atoms with E-state index < -0.39 is 0 Å². The first-order chi connectivity index (χ1) is 14.1. The van der Waals surface area contributed by atoms with E-state index in [9.17, 15) is 0 Å². The lowest BCUT2D eigenvalue weighted by Gasteiger charge is -2.21. The van der Waals surface area contributed by atoms with Crippen molar-refractivity contribution in [2.24, 2.45) is 4.99 Å². The van der Waals surface area contributed by atoms with Gasteiger partial charge < -0.3 is 24.2 Å². The standard InChI is InChI=1S/C20H20ClN5O3.HI/c1-22-20(26(2)11-13-3-8-16-17(9-13)28-12-27-16)23-10-18-24-19(25-29-18)14-4-6-15(21)7-5-14;/h3-9H,10-12H2,1-2H3,(H,22,23);1H. The number of ether oxygens (including phenoxy) is 2. The molecule has 0 aliphatic carbocycles. The normalized spacial score (nSPS) is 12.4. The van der Waals surface area contributed by atoms with Gasteiger partial charge >= 0.3 is 0 Å². The Morgan fingerprint density at radius 1 is 1.17 bits per heavy atom. The Bertz CT molecular complexity index is 1030. The molecule has 0 spiro atoms. The maximum Gasteiger partial charge on any atom is 0.246 e. The van der Waals surface area contributed by atoms with E-state index in [-0.39, 0.29) is 30.8 Å². The fourth-order valence-electron chi connectivity index (χ4n) is 2.97. The molecule has 1 N–H and O–H groups in total. The van der Waals surface area contributed by atoms with Gasteiger partial charge in [-0.25, -0.2) is 0 Å². The molecule has 1 aliphatic rings. The fraction of sp³-hybridized carbons (Fsp3) is 0.250. The Morgan fingerprint density at radius 3 is 2.70 bits per heavy atom. The van der Waals surface area contributed by atoms with E-state index in [1.165, 1.54) is 0 Å². The molecule has 3 aromatic rings. The third-order valence-corrected chi connectivity index (χ3v) is 4.65. The SMILES string of the molecule is CN=C(NCc1nc(-c2ccc(Cl)cc2)no1)N(C)Cc1ccc2c(c1)OCO2.I. The van der Waals surface area contributed by atoms with Crippen LogP contribution >= 0.6 is 35.6 Å². The van der Waals surface area contributed by atoms with E-state index in [2.05, 4.69) is 20.4 Å². The summed E-state index contributed by atoms with van der Waals surface area (Å²) in [6, 6.07) is 13.2. The molecule has 2 heterocycles. The fourth-order valence-corrected chi connectivity index (χ4v) is 3.10. The van der Waals surface area contributed by atoms with E-state index in [4.69, 9.17) is 25.6 Å². The zero-order chi connectivity index (χ0) is 20.2. The maximum absolute atomic E-state index is 5.91. The largest absolute Gasteiger partial charge is 0.454 e. The Labute approximate surface area is 196 Å². The van der Waals surface area contributed by atoms with Crippen molar-refractivity contribution in [2.75, 3.05) is 20.9 Å². The van der Waals surface area contributed by atoms with Crippen LogP contribution in [0.2, 0.25) is 5.02 Å². The minimum absolute atomic E-state index is 0. The summed E-state index contributed by atoms with van der Waals surface area (Å²) in [5.74, 6) is 3.22. The van der Waals surface area contributed by atoms with Crippen LogP contribution in [0.1, 0.15) is 11.5 Å². The number of benzene rings is 2. The summed E-state index contributed by atoms with van der Waals surface area (Å²) in [7, 11) is 3.68. The van der Waals surface area contributed by atoms with E-state index in [0.29, 0.717) is 35.8 Å². The number of nitrogens with zero attached hydrogens (tertiary/aromatic N) is 4. The van der Waals surface area contributed by atoms with Crippen LogP contribution in [0.25, 0.3) is 11.4 Å². The van der Waals surface area contributed by atoms with Gasteiger partial charge in [0, 0.05) is 31.2 Å². The predicted octanol–water partition coefficient (Wildman–Crippen LogP) is 3.94. The number of rotatable bonds is 5. The molecule has 0 saturated carbocycles. The zero-order valence-electron chi connectivity index (χ0n) is 16.5. The minimum atomic E-state index is 0. The van der Waals surface area contributed by atoms with Gasteiger partial charge in [0.05, 0.1) is 6.54 Å². The van der Waals surface area contributed by atoms with Gasteiger partial charge in [0.1, 0.15) is 0 Å². The Morgan fingerprint density at radius 2 is 1.93 bits per heavy atom. The lowest BCUT2D eigenvalue weighted by atomic mass is 10.2. The molecule has 8 nitrogen and oxygen atoms in total. The van der Waals surface area contributed by atoms with Crippen LogP contribution in [0.5, 0.6) is 11.5 Å². The molecule has 0 unspecified atom stereocenters. The van der Waals surface area contributed by atoms with Crippen LogP contribution in [0.3, 0.4) is 0 Å². The van der Waals surface area contributed by atoms with Gasteiger partial charge in [0.2, 0.25) is 18.5 Å². The average Bonchev–Trinajstić information content (AvgIpc) is 3.38. The van der Waals surface area contributed by atoms with E-state index in [0.717, 1.165) is 22.6 Å². The van der Waals surface area contributed by atoms with Gasteiger partial charge in [0.25, 0.3) is 0 Å². The molecule has 0 bridgehead atoms. The third-order valence-electron chi connectivity index (χ3n) is 4.40. The van der Waals surface area contributed by atoms with Gasteiger partial charge in [-0.1, -0.05) is 22.8 Å². The molecule has 1 aromatic heterocycles. The monoisotopic (exact) mass is 541 g/mol. The molecule has 1 aliphatic heterocycles. The van der Waals surface area contributed by atoms with Gasteiger partial charge in [0.15, 0.2) is 17.5 Å². The molecule has 0 fully saturated rings. The van der Waals surface area contributed by atoms with Gasteiger partial charge in [-0.15, -0.1) is 24.0 Å². The maximum atomic E-state index is 5.91. The first kappa shape index (κ1) is 22.2. The van der Waals surface area contributed by atoms with Crippen LogP contribution < -0.4 is 14.8 Å². The van der Waals surface area contributed by atoms with E-state index in [1.807, 2.05) is 42.3 Å². The number of aromatic nitrogens is 2. The quantitative estimate of drug-likeness (QED) is 0.297. The zero-order valence-corrected chi connectivity index (χ0v) is 19.5. The smallest absolute Gasteiger partial charge is 0.246 e. The number of hydrogen-bond acceptors (Lipinski definition) is 6. The first-order valence-electron chi connectivity index (χ1n) is 9.01. The molecular weight excluding hydrogens is 521 g/mol. The summed E-state index contributed by atoms with van der Waals surface area (Å²) < 4.78 is 16.1. The molecule has 158 valence electrons. The molecule has 0 atom stereocenters. The molecule has 4 rings (SSSR count). The van der Waals surface area contributed by atoms with Gasteiger partial charge in [-0.05, 0) is 42.0 Å². The van der Waals surface area contributed by atoms with Crippen molar-refractivity contribution in [3.05, 3.63) is 58.9 Å². The van der Waals surface area contributed by atoms with Crippen molar-refractivity contribution in [3.63, 3.8) is 0 Å². The summed E-state index contributed by atoms with van der Waals surface area (Å²) in [5.41, 5.74) is 1.93. The summed E-state index contributed by atoms with van der Waals surface area (Å²) in [4.78, 5) is 10.7. The third kappa shape index (κ3) is 5.14. The Hall–Kier alpha value is -2.53. The summed E-state index contributed by atoms with van der Waals surface area (Å²) in [6.07, 6.45) is 0. The van der Waals surface area contributed by atoms with Crippen molar-refractivity contribution in [1.82, 2.24) is 20.4 Å². The highest BCUT2D eigenvalue weighted by Crippen LogP contribution is 2.32. The molecule has 10 heteroatoms. The van der Waals surface area contributed by atoms with Crippen molar-refractivity contribution in [3.8, 4) is 22.9 Å². The van der Waals surface area contributed by atoms with Crippen molar-refractivity contribution < 1.29 is 14.0 Å². The number of guanidine groups is 1. The van der Waals surface area contributed by atoms with Crippen molar-refractivity contribution in [2.45, 2.75) is 13.1 Å². The van der Waals surface area contributed by atoms with E-state index >= 15 is 0 Å². The number of hydrogen-bond donors (Lipinski definition) is 1. The number of fused-ring (bicyclic) bond motifs is 1. The number of aliphatic imine (C=N–C) groups is 1. The summed E-state index contributed by atoms with van der Waals surface area (Å²) in [5, 5.41) is 7.91. The second-order valence-electron chi connectivity index (χ2n) is 6.46. The lowest BCUT2D eigenvalue weighted by molar-refractivity contribution is 0.174. The minimum Gasteiger partial charge on any atom is -0.454 e. The van der Waals surface area contributed by atoms with E-state index in [1.54, 1.807) is 19.2 Å². The van der Waals surface area contributed by atoms with Crippen molar-refractivity contribution >= 4 is 41.5 Å². The molecular formula is C20H21ClIN5O3. The highest BCUT2D eigenvalue weighted by Gasteiger charge is 2.15. The average molecular weight is 542 g/mol. The molecule has 0 saturated heterocycles. The van der Waals surface area contributed by atoms with Crippen LogP contribution in [-0.4, -0.2) is 41.9 Å². The van der Waals surface area contributed by atoms with Crippen LogP contribution in [0, 0.1) is 0 Å².